The van der Waals surface area contributed by atoms with Crippen molar-refractivity contribution < 1.29 is 4.74 Å². The molecule has 1 aliphatic rings. The Labute approximate surface area is 124 Å². The molecule has 0 aliphatic heterocycles. The van der Waals surface area contributed by atoms with Crippen LogP contribution in [0.15, 0.2) is 28.7 Å². The lowest BCUT2D eigenvalue weighted by molar-refractivity contribution is 0.104. The van der Waals surface area contributed by atoms with E-state index >= 15 is 0 Å². The predicted molar refractivity (Wildman–Crippen MR) is 82.1 cm³/mol. The van der Waals surface area contributed by atoms with Gasteiger partial charge in [0.15, 0.2) is 0 Å². The molecule has 19 heavy (non-hydrogen) atoms. The molecule has 4 heteroatoms. The van der Waals surface area contributed by atoms with Gasteiger partial charge >= 0.3 is 0 Å². The highest BCUT2D eigenvalue weighted by atomic mass is 79.9. The third-order valence-corrected chi connectivity index (χ3v) is 4.11. The molecule has 3 nitrogen and oxygen atoms in total. The summed E-state index contributed by atoms with van der Waals surface area (Å²) < 4.78 is 6.36. The van der Waals surface area contributed by atoms with Crippen LogP contribution in [-0.2, 0) is 4.74 Å². The van der Waals surface area contributed by atoms with Crippen molar-refractivity contribution in [1.82, 2.24) is 4.90 Å². The Hall–Kier alpha value is -0.420. The lowest BCUT2D eigenvalue weighted by Crippen LogP contribution is -2.42. The molecule has 2 unspecified atom stereocenters. The topological polar surface area (TPSA) is 38.5 Å². The Balaban J connectivity index is 2.21. The molecular formula is C15H23BrN2O. The summed E-state index contributed by atoms with van der Waals surface area (Å²) >= 11 is 3.55. The van der Waals surface area contributed by atoms with E-state index in [0.29, 0.717) is 6.04 Å². The van der Waals surface area contributed by atoms with Crippen LogP contribution >= 0.6 is 15.9 Å². The fourth-order valence-electron chi connectivity index (χ4n) is 2.64. The molecule has 0 spiro atoms. The summed E-state index contributed by atoms with van der Waals surface area (Å²) in [4.78, 5) is 2.51. The molecule has 2 atom stereocenters. The first kappa shape index (κ1) is 15.0. The quantitative estimate of drug-likeness (QED) is 0.837. The molecule has 0 bridgehead atoms. The Morgan fingerprint density at radius 3 is 2.74 bits per heavy atom. The molecule has 106 valence electrons. The van der Waals surface area contributed by atoms with E-state index in [9.17, 15) is 0 Å². The summed E-state index contributed by atoms with van der Waals surface area (Å²) in [6.45, 7) is 3.79. The highest BCUT2D eigenvalue weighted by Crippen LogP contribution is 2.36. The van der Waals surface area contributed by atoms with Crippen LogP contribution in [0.2, 0.25) is 0 Å². The molecule has 0 radical (unpaired) electrons. The maximum Gasteiger partial charge on any atom is 0.0590 e. The second-order valence-electron chi connectivity index (χ2n) is 5.32. The molecule has 2 rings (SSSR count). The van der Waals surface area contributed by atoms with Crippen molar-refractivity contribution >= 4 is 15.9 Å². The van der Waals surface area contributed by atoms with Crippen LogP contribution in [0.1, 0.15) is 31.4 Å². The molecule has 1 aliphatic carbocycles. The number of nitrogens with zero attached hydrogens (tertiary/aromatic N) is 1. The van der Waals surface area contributed by atoms with E-state index < -0.39 is 0 Å². The van der Waals surface area contributed by atoms with Gasteiger partial charge in [-0.2, -0.15) is 0 Å². The average molecular weight is 327 g/mol. The van der Waals surface area contributed by atoms with Gasteiger partial charge in [-0.05, 0) is 37.5 Å². The Bertz CT molecular complexity index is 407. The summed E-state index contributed by atoms with van der Waals surface area (Å²) in [5.74, 6) is 0. The van der Waals surface area contributed by atoms with Crippen LogP contribution < -0.4 is 5.73 Å². The zero-order chi connectivity index (χ0) is 13.8. The SMILES string of the molecule is COCCN(C1CC1)C(c1cccc(Br)c1)C(C)N. The highest BCUT2D eigenvalue weighted by molar-refractivity contribution is 9.10. The van der Waals surface area contributed by atoms with Gasteiger partial charge in [0, 0.05) is 30.2 Å². The smallest absolute Gasteiger partial charge is 0.0590 e. The van der Waals surface area contributed by atoms with E-state index in [-0.39, 0.29) is 12.1 Å². The minimum Gasteiger partial charge on any atom is -0.383 e. The second-order valence-corrected chi connectivity index (χ2v) is 6.24. The lowest BCUT2D eigenvalue weighted by Gasteiger charge is -2.34. The molecule has 1 aromatic carbocycles. The van der Waals surface area contributed by atoms with Crippen molar-refractivity contribution in [2.45, 2.75) is 37.9 Å². The summed E-state index contributed by atoms with van der Waals surface area (Å²) in [5.41, 5.74) is 7.54. The van der Waals surface area contributed by atoms with Crippen molar-refractivity contribution in [3.63, 3.8) is 0 Å². The van der Waals surface area contributed by atoms with Crippen molar-refractivity contribution in [3.05, 3.63) is 34.3 Å². The van der Waals surface area contributed by atoms with Crippen LogP contribution in [0, 0.1) is 0 Å². The molecule has 2 N–H and O–H groups in total. The predicted octanol–water partition coefficient (Wildman–Crippen LogP) is 2.95. The number of rotatable bonds is 7. The Morgan fingerprint density at radius 2 is 2.21 bits per heavy atom. The number of hydrogen-bond acceptors (Lipinski definition) is 3. The summed E-state index contributed by atoms with van der Waals surface area (Å²) in [5, 5.41) is 0. The van der Waals surface area contributed by atoms with E-state index in [1.807, 2.05) is 0 Å². The summed E-state index contributed by atoms with van der Waals surface area (Å²) in [6.07, 6.45) is 2.56. The minimum absolute atomic E-state index is 0.103. The molecule has 0 saturated heterocycles. The first-order valence-corrected chi connectivity index (χ1v) is 7.68. The zero-order valence-corrected chi connectivity index (χ0v) is 13.3. The van der Waals surface area contributed by atoms with Crippen LogP contribution in [0.3, 0.4) is 0 Å². The number of hydrogen-bond donors (Lipinski definition) is 1. The van der Waals surface area contributed by atoms with Crippen molar-refractivity contribution in [2.75, 3.05) is 20.3 Å². The zero-order valence-electron chi connectivity index (χ0n) is 11.7. The van der Waals surface area contributed by atoms with Gasteiger partial charge in [-0.3, -0.25) is 4.90 Å². The average Bonchev–Trinajstić information content (AvgIpc) is 3.18. The number of methoxy groups -OCH3 is 1. The first-order chi connectivity index (χ1) is 9.13. The largest absolute Gasteiger partial charge is 0.383 e. The van der Waals surface area contributed by atoms with Crippen molar-refractivity contribution in [2.24, 2.45) is 5.73 Å². The maximum absolute atomic E-state index is 6.26. The third kappa shape index (κ3) is 4.02. The van der Waals surface area contributed by atoms with Crippen LogP contribution in [-0.4, -0.2) is 37.2 Å². The van der Waals surface area contributed by atoms with Crippen molar-refractivity contribution in [3.8, 4) is 0 Å². The number of halogens is 1. The standard InChI is InChI=1S/C15H23BrN2O/c1-11(17)15(12-4-3-5-13(16)10-12)18(8-9-19-2)14-6-7-14/h3-5,10-11,14-15H,6-9,17H2,1-2H3. The van der Waals surface area contributed by atoms with Gasteiger partial charge in [0.25, 0.3) is 0 Å². The molecule has 0 aromatic heterocycles. The van der Waals surface area contributed by atoms with Crippen LogP contribution in [0.4, 0.5) is 0 Å². The number of benzene rings is 1. The number of nitrogens with two attached hydrogens (primary N) is 1. The maximum atomic E-state index is 6.26. The molecule has 1 fully saturated rings. The molecule has 0 heterocycles. The normalized spacial score (nSPS) is 18.6. The van der Waals surface area contributed by atoms with E-state index in [1.54, 1.807) is 7.11 Å². The van der Waals surface area contributed by atoms with Gasteiger partial charge in [-0.1, -0.05) is 28.1 Å². The summed E-state index contributed by atoms with van der Waals surface area (Å²) in [7, 11) is 1.76. The first-order valence-electron chi connectivity index (χ1n) is 6.89. The Morgan fingerprint density at radius 1 is 1.47 bits per heavy atom. The third-order valence-electron chi connectivity index (χ3n) is 3.62. The van der Waals surface area contributed by atoms with E-state index in [1.165, 1.54) is 18.4 Å². The molecular weight excluding hydrogens is 304 g/mol. The van der Waals surface area contributed by atoms with E-state index in [4.69, 9.17) is 10.5 Å². The highest BCUT2D eigenvalue weighted by Gasteiger charge is 2.35. The van der Waals surface area contributed by atoms with Crippen LogP contribution in [0.5, 0.6) is 0 Å². The monoisotopic (exact) mass is 326 g/mol. The van der Waals surface area contributed by atoms with Gasteiger partial charge in [-0.25, -0.2) is 0 Å². The number of ether oxygens (including phenoxy) is 1. The van der Waals surface area contributed by atoms with Gasteiger partial charge in [0.05, 0.1) is 12.6 Å². The van der Waals surface area contributed by atoms with Gasteiger partial charge in [-0.15, -0.1) is 0 Å². The van der Waals surface area contributed by atoms with Gasteiger partial charge < -0.3 is 10.5 Å². The fourth-order valence-corrected chi connectivity index (χ4v) is 3.06. The molecule has 1 aromatic rings. The lowest BCUT2D eigenvalue weighted by atomic mass is 9.99. The second kappa shape index (κ2) is 6.84. The minimum atomic E-state index is 0.103. The van der Waals surface area contributed by atoms with Crippen LogP contribution in [0.25, 0.3) is 0 Å². The summed E-state index contributed by atoms with van der Waals surface area (Å²) in [6, 6.07) is 9.52. The van der Waals surface area contributed by atoms with Crippen molar-refractivity contribution in [1.29, 1.82) is 0 Å². The Kier molecular flexibility index (Phi) is 5.39. The fraction of sp³-hybridized carbons (Fsp3) is 0.600. The van der Waals surface area contributed by atoms with E-state index in [2.05, 4.69) is 52.0 Å². The van der Waals surface area contributed by atoms with Gasteiger partial charge in [0.2, 0.25) is 0 Å². The van der Waals surface area contributed by atoms with Gasteiger partial charge in [0.1, 0.15) is 0 Å². The molecule has 0 amide bonds. The van der Waals surface area contributed by atoms with E-state index in [0.717, 1.165) is 17.6 Å². The molecule has 1 saturated carbocycles.